The van der Waals surface area contributed by atoms with Gasteiger partial charge in [-0.15, -0.1) is 23.7 Å². The number of hydrogen-bond acceptors (Lipinski definition) is 4. The predicted molar refractivity (Wildman–Crippen MR) is 75.1 cm³/mol. The Balaban J connectivity index is 0.00000162. The summed E-state index contributed by atoms with van der Waals surface area (Å²) in [5.41, 5.74) is 5.42. The highest BCUT2D eigenvalue weighted by molar-refractivity contribution is 7.10. The quantitative estimate of drug-likeness (QED) is 0.920. The maximum Gasteiger partial charge on any atom is 0.222 e. The number of nitrogens with two attached hydrogens (primary N) is 1. The maximum atomic E-state index is 11.9. The van der Waals surface area contributed by atoms with Crippen molar-refractivity contribution in [2.45, 2.75) is 18.9 Å². The van der Waals surface area contributed by atoms with Crippen LogP contribution in [0.4, 0.5) is 0 Å². The van der Waals surface area contributed by atoms with Gasteiger partial charge in [-0.1, -0.05) is 6.07 Å². The van der Waals surface area contributed by atoms with Crippen LogP contribution in [0, 0.1) is 0 Å². The molecule has 1 fully saturated rings. The first-order valence-corrected chi connectivity index (χ1v) is 6.82. The Morgan fingerprint density at radius 1 is 1.61 bits per heavy atom. The zero-order valence-corrected chi connectivity index (χ0v) is 11.8. The summed E-state index contributed by atoms with van der Waals surface area (Å²) in [5.74, 6) is 0.195. The van der Waals surface area contributed by atoms with Crippen LogP contribution in [-0.2, 0) is 9.53 Å². The Labute approximate surface area is 118 Å². The molecule has 0 radical (unpaired) electrons. The lowest BCUT2D eigenvalue weighted by atomic mass is 10.2. The van der Waals surface area contributed by atoms with Crippen LogP contribution in [-0.4, -0.2) is 37.0 Å². The van der Waals surface area contributed by atoms with Gasteiger partial charge in [0.25, 0.3) is 0 Å². The van der Waals surface area contributed by atoms with Crippen LogP contribution < -0.4 is 5.73 Å². The number of carbonyl (C=O) groups excluding carboxylic acids is 1. The molecule has 0 saturated carbocycles. The predicted octanol–water partition coefficient (Wildman–Crippen LogP) is 1.81. The summed E-state index contributed by atoms with van der Waals surface area (Å²) in [6, 6.07) is 4.07. The molecule has 1 saturated heterocycles. The molecule has 2 N–H and O–H groups in total. The van der Waals surface area contributed by atoms with E-state index in [0.717, 1.165) is 6.42 Å². The number of rotatable bonds is 4. The first kappa shape index (κ1) is 15.4. The third-order valence-electron chi connectivity index (χ3n) is 2.87. The molecule has 0 bridgehead atoms. The van der Waals surface area contributed by atoms with E-state index in [1.54, 1.807) is 11.3 Å². The normalized spacial score (nSPS) is 19.4. The third-order valence-corrected chi connectivity index (χ3v) is 3.84. The molecule has 18 heavy (non-hydrogen) atoms. The molecular weight excluding hydrogens is 272 g/mol. The van der Waals surface area contributed by atoms with Crippen molar-refractivity contribution in [1.29, 1.82) is 0 Å². The molecule has 1 amide bonds. The van der Waals surface area contributed by atoms with E-state index in [1.165, 1.54) is 4.88 Å². The van der Waals surface area contributed by atoms with E-state index in [2.05, 4.69) is 6.07 Å². The first-order chi connectivity index (χ1) is 8.31. The molecule has 1 atom stereocenters. The highest BCUT2D eigenvalue weighted by Gasteiger charge is 2.25. The van der Waals surface area contributed by atoms with Crippen molar-refractivity contribution in [2.75, 3.05) is 26.2 Å². The smallest absolute Gasteiger partial charge is 0.222 e. The number of nitrogens with zero attached hydrogens (tertiary/aromatic N) is 1. The standard InChI is InChI=1S/C12H18N2O2S.ClH/c13-5-1-4-12(15)14-6-7-16-10(9-14)11-3-2-8-17-11;/h2-3,8,10H,1,4-7,9,13H2;1H. The van der Waals surface area contributed by atoms with Gasteiger partial charge in [-0.25, -0.2) is 0 Å². The van der Waals surface area contributed by atoms with Crippen LogP contribution in [0.25, 0.3) is 0 Å². The van der Waals surface area contributed by atoms with Crippen molar-refractivity contribution < 1.29 is 9.53 Å². The fourth-order valence-electron chi connectivity index (χ4n) is 1.93. The molecule has 6 heteroatoms. The number of morpholine rings is 1. The molecule has 2 rings (SSSR count). The Kier molecular flexibility index (Phi) is 6.63. The minimum Gasteiger partial charge on any atom is -0.369 e. The van der Waals surface area contributed by atoms with Crippen LogP contribution >= 0.6 is 23.7 Å². The SMILES string of the molecule is Cl.NCCCC(=O)N1CCOC(c2cccs2)C1. The average molecular weight is 291 g/mol. The average Bonchev–Trinajstić information content (AvgIpc) is 2.90. The summed E-state index contributed by atoms with van der Waals surface area (Å²) >= 11 is 1.68. The summed E-state index contributed by atoms with van der Waals surface area (Å²) in [5, 5.41) is 2.04. The second-order valence-corrected chi connectivity index (χ2v) is 5.09. The molecule has 1 aromatic rings. The third kappa shape index (κ3) is 3.95. The molecule has 102 valence electrons. The number of halogens is 1. The van der Waals surface area contributed by atoms with Gasteiger partial charge < -0.3 is 15.4 Å². The monoisotopic (exact) mass is 290 g/mol. The van der Waals surface area contributed by atoms with Crippen molar-refractivity contribution in [2.24, 2.45) is 5.73 Å². The van der Waals surface area contributed by atoms with E-state index in [-0.39, 0.29) is 24.4 Å². The van der Waals surface area contributed by atoms with Crippen molar-refractivity contribution in [3.05, 3.63) is 22.4 Å². The number of thiophene rings is 1. The molecule has 4 nitrogen and oxygen atoms in total. The molecule has 2 heterocycles. The number of ether oxygens (including phenoxy) is 1. The number of hydrogen-bond donors (Lipinski definition) is 1. The summed E-state index contributed by atoms with van der Waals surface area (Å²) in [6.07, 6.45) is 1.36. The van der Waals surface area contributed by atoms with E-state index in [4.69, 9.17) is 10.5 Å². The largest absolute Gasteiger partial charge is 0.369 e. The summed E-state index contributed by atoms with van der Waals surface area (Å²) in [4.78, 5) is 15.0. The fraction of sp³-hybridized carbons (Fsp3) is 0.583. The molecule has 0 spiro atoms. The fourth-order valence-corrected chi connectivity index (χ4v) is 2.70. The lowest BCUT2D eigenvalue weighted by Crippen LogP contribution is -2.42. The molecule has 1 unspecified atom stereocenters. The van der Waals surface area contributed by atoms with Crippen LogP contribution in [0.1, 0.15) is 23.8 Å². The summed E-state index contributed by atoms with van der Waals surface area (Å²) in [7, 11) is 0. The zero-order valence-electron chi connectivity index (χ0n) is 10.2. The lowest BCUT2D eigenvalue weighted by molar-refractivity contribution is -0.138. The van der Waals surface area contributed by atoms with E-state index in [1.807, 2.05) is 16.3 Å². The van der Waals surface area contributed by atoms with Crippen LogP contribution in [0.15, 0.2) is 17.5 Å². The second kappa shape index (κ2) is 7.74. The van der Waals surface area contributed by atoms with Crippen molar-refractivity contribution >= 4 is 29.7 Å². The second-order valence-electron chi connectivity index (χ2n) is 4.11. The van der Waals surface area contributed by atoms with Crippen molar-refractivity contribution in [3.63, 3.8) is 0 Å². The molecular formula is C12H19ClN2O2S. The Bertz CT molecular complexity index is 359. The van der Waals surface area contributed by atoms with Gasteiger partial charge in [0, 0.05) is 17.8 Å². The van der Waals surface area contributed by atoms with Gasteiger partial charge >= 0.3 is 0 Å². The van der Waals surface area contributed by atoms with Crippen LogP contribution in [0.3, 0.4) is 0 Å². The Morgan fingerprint density at radius 3 is 3.11 bits per heavy atom. The molecule has 1 aromatic heterocycles. The first-order valence-electron chi connectivity index (χ1n) is 5.94. The molecule has 1 aliphatic rings. The molecule has 0 aromatic carbocycles. The topological polar surface area (TPSA) is 55.6 Å². The molecule has 1 aliphatic heterocycles. The van der Waals surface area contributed by atoms with Gasteiger partial charge in [0.2, 0.25) is 5.91 Å². The van der Waals surface area contributed by atoms with E-state index in [9.17, 15) is 4.79 Å². The Morgan fingerprint density at radius 2 is 2.44 bits per heavy atom. The summed E-state index contributed by atoms with van der Waals surface area (Å²) in [6.45, 7) is 2.57. The van der Waals surface area contributed by atoms with Crippen LogP contribution in [0.5, 0.6) is 0 Å². The lowest BCUT2D eigenvalue weighted by Gasteiger charge is -2.32. The van der Waals surface area contributed by atoms with E-state index >= 15 is 0 Å². The summed E-state index contributed by atoms with van der Waals surface area (Å²) < 4.78 is 5.70. The minimum atomic E-state index is 0. The molecule has 0 aliphatic carbocycles. The van der Waals surface area contributed by atoms with Gasteiger partial charge in [-0.2, -0.15) is 0 Å². The highest BCUT2D eigenvalue weighted by atomic mass is 35.5. The van der Waals surface area contributed by atoms with Crippen LogP contribution in [0.2, 0.25) is 0 Å². The van der Waals surface area contributed by atoms with Gasteiger partial charge in [-0.3, -0.25) is 4.79 Å². The van der Waals surface area contributed by atoms with Crippen molar-refractivity contribution in [3.8, 4) is 0 Å². The van der Waals surface area contributed by atoms with E-state index < -0.39 is 0 Å². The maximum absolute atomic E-state index is 11.9. The van der Waals surface area contributed by atoms with Gasteiger partial charge in [-0.05, 0) is 24.4 Å². The zero-order chi connectivity index (χ0) is 12.1. The highest BCUT2D eigenvalue weighted by Crippen LogP contribution is 2.26. The van der Waals surface area contributed by atoms with Gasteiger partial charge in [0.1, 0.15) is 6.10 Å². The van der Waals surface area contributed by atoms with Gasteiger partial charge in [0.15, 0.2) is 0 Å². The Hall–Kier alpha value is -0.620. The minimum absolute atomic E-state index is 0. The van der Waals surface area contributed by atoms with Crippen molar-refractivity contribution in [1.82, 2.24) is 4.90 Å². The number of amides is 1. The number of carbonyl (C=O) groups is 1. The van der Waals surface area contributed by atoms with Gasteiger partial charge in [0.05, 0.1) is 13.2 Å². The van der Waals surface area contributed by atoms with E-state index in [0.29, 0.717) is 32.7 Å².